The SMILES string of the molecule is COCCCn1c(SCC(=O)NC(=O)Nc2cccc(C)c2C)nc2cc(Cl)ccc2c1=O. The Bertz CT molecular complexity index is 1250. The van der Waals surface area contributed by atoms with Gasteiger partial charge in [0.1, 0.15) is 0 Å². The summed E-state index contributed by atoms with van der Waals surface area (Å²) in [6.07, 6.45) is 0.606. The molecule has 3 amide bonds. The molecule has 0 fully saturated rings. The molecule has 1 heterocycles. The highest BCUT2D eigenvalue weighted by atomic mass is 35.5. The van der Waals surface area contributed by atoms with E-state index in [9.17, 15) is 14.4 Å². The number of imide groups is 1. The van der Waals surface area contributed by atoms with Crippen LogP contribution in [0.3, 0.4) is 0 Å². The number of rotatable bonds is 8. The number of thioether (sulfide) groups is 1. The molecular formula is C23H25ClN4O4S. The van der Waals surface area contributed by atoms with Gasteiger partial charge in [0, 0.05) is 31.0 Å². The molecule has 0 bridgehead atoms. The van der Waals surface area contributed by atoms with Gasteiger partial charge >= 0.3 is 6.03 Å². The van der Waals surface area contributed by atoms with Gasteiger partial charge in [-0.15, -0.1) is 0 Å². The van der Waals surface area contributed by atoms with Crippen LogP contribution in [0.4, 0.5) is 10.5 Å². The van der Waals surface area contributed by atoms with Crippen molar-refractivity contribution in [2.45, 2.75) is 32.0 Å². The minimum absolute atomic E-state index is 0.0942. The van der Waals surface area contributed by atoms with E-state index in [4.69, 9.17) is 16.3 Å². The molecule has 10 heteroatoms. The third-order valence-corrected chi connectivity index (χ3v) is 6.26. The van der Waals surface area contributed by atoms with Crippen LogP contribution in [0.1, 0.15) is 17.5 Å². The molecule has 2 aromatic carbocycles. The first-order valence-corrected chi connectivity index (χ1v) is 11.7. The van der Waals surface area contributed by atoms with Gasteiger partial charge in [0.25, 0.3) is 5.56 Å². The third-order valence-electron chi connectivity index (χ3n) is 5.05. The van der Waals surface area contributed by atoms with Crippen LogP contribution >= 0.6 is 23.4 Å². The highest BCUT2D eigenvalue weighted by Gasteiger charge is 2.15. The van der Waals surface area contributed by atoms with E-state index in [-0.39, 0.29) is 11.3 Å². The fourth-order valence-electron chi connectivity index (χ4n) is 3.18. The summed E-state index contributed by atoms with van der Waals surface area (Å²) in [5, 5.41) is 6.27. The number of ether oxygens (including phenoxy) is 1. The second-order valence-electron chi connectivity index (χ2n) is 7.40. The Morgan fingerprint density at radius 2 is 2.00 bits per heavy atom. The molecule has 33 heavy (non-hydrogen) atoms. The molecule has 0 aliphatic carbocycles. The van der Waals surface area contributed by atoms with Crippen molar-refractivity contribution in [3.8, 4) is 0 Å². The number of halogens is 1. The number of aryl methyl sites for hydroxylation is 1. The lowest BCUT2D eigenvalue weighted by Gasteiger charge is -2.13. The number of methoxy groups -OCH3 is 1. The van der Waals surface area contributed by atoms with Gasteiger partial charge in [-0.3, -0.25) is 19.5 Å². The fraction of sp³-hybridized carbons (Fsp3) is 0.304. The Labute approximate surface area is 200 Å². The van der Waals surface area contributed by atoms with E-state index >= 15 is 0 Å². The van der Waals surface area contributed by atoms with Crippen molar-refractivity contribution in [1.29, 1.82) is 0 Å². The number of benzene rings is 2. The Hall–Kier alpha value is -2.88. The van der Waals surface area contributed by atoms with Crippen molar-refractivity contribution in [3.05, 3.63) is 62.9 Å². The lowest BCUT2D eigenvalue weighted by molar-refractivity contribution is -0.117. The molecule has 0 saturated heterocycles. The number of anilines is 1. The molecule has 0 radical (unpaired) electrons. The van der Waals surface area contributed by atoms with Crippen LogP contribution in [0.5, 0.6) is 0 Å². The molecule has 0 saturated carbocycles. The van der Waals surface area contributed by atoms with Crippen LogP contribution in [0, 0.1) is 13.8 Å². The molecule has 174 valence electrons. The number of fused-ring (bicyclic) bond motifs is 1. The van der Waals surface area contributed by atoms with Crippen LogP contribution in [0.15, 0.2) is 46.3 Å². The number of aromatic nitrogens is 2. The quantitative estimate of drug-likeness (QED) is 0.280. The summed E-state index contributed by atoms with van der Waals surface area (Å²) in [4.78, 5) is 42.2. The third kappa shape index (κ3) is 6.34. The summed E-state index contributed by atoms with van der Waals surface area (Å²) in [6, 6.07) is 9.81. The van der Waals surface area contributed by atoms with Gasteiger partial charge in [0.2, 0.25) is 5.91 Å². The Morgan fingerprint density at radius 3 is 2.76 bits per heavy atom. The fourth-order valence-corrected chi connectivity index (χ4v) is 4.17. The predicted octanol–water partition coefficient (Wildman–Crippen LogP) is 4.14. The minimum atomic E-state index is -0.620. The predicted molar refractivity (Wildman–Crippen MR) is 131 cm³/mol. The van der Waals surface area contributed by atoms with E-state index in [2.05, 4.69) is 15.6 Å². The number of amides is 3. The minimum Gasteiger partial charge on any atom is -0.385 e. The van der Waals surface area contributed by atoms with E-state index in [1.807, 2.05) is 26.0 Å². The summed E-state index contributed by atoms with van der Waals surface area (Å²) >= 11 is 7.13. The first kappa shape index (κ1) is 24.8. The summed E-state index contributed by atoms with van der Waals surface area (Å²) in [6.45, 7) is 4.70. The zero-order chi connectivity index (χ0) is 24.0. The maximum Gasteiger partial charge on any atom is 0.325 e. The first-order valence-electron chi connectivity index (χ1n) is 10.3. The van der Waals surface area contributed by atoms with Crippen LogP contribution in [-0.4, -0.2) is 41.0 Å². The molecule has 0 unspecified atom stereocenters. The highest BCUT2D eigenvalue weighted by Crippen LogP contribution is 2.21. The van der Waals surface area contributed by atoms with E-state index in [0.717, 1.165) is 22.9 Å². The smallest absolute Gasteiger partial charge is 0.325 e. The molecule has 1 aromatic heterocycles. The number of urea groups is 1. The second kappa shape index (κ2) is 11.3. The van der Waals surface area contributed by atoms with Gasteiger partial charge in [-0.05, 0) is 55.7 Å². The van der Waals surface area contributed by atoms with Gasteiger partial charge in [-0.25, -0.2) is 9.78 Å². The number of carbonyl (C=O) groups excluding carboxylic acids is 2. The van der Waals surface area contributed by atoms with E-state index < -0.39 is 11.9 Å². The highest BCUT2D eigenvalue weighted by molar-refractivity contribution is 7.99. The summed E-state index contributed by atoms with van der Waals surface area (Å²) < 4.78 is 6.60. The Kier molecular flexibility index (Phi) is 8.49. The summed E-state index contributed by atoms with van der Waals surface area (Å²) in [5.74, 6) is -0.602. The Balaban J connectivity index is 1.72. The van der Waals surface area contributed by atoms with Crippen molar-refractivity contribution >= 4 is 51.9 Å². The molecule has 0 spiro atoms. The monoisotopic (exact) mass is 488 g/mol. The maximum atomic E-state index is 13.0. The van der Waals surface area contributed by atoms with E-state index in [0.29, 0.717) is 46.3 Å². The molecular weight excluding hydrogens is 464 g/mol. The van der Waals surface area contributed by atoms with Crippen molar-refractivity contribution in [2.24, 2.45) is 0 Å². The van der Waals surface area contributed by atoms with Crippen LogP contribution in [0.2, 0.25) is 5.02 Å². The number of hydrogen-bond acceptors (Lipinski definition) is 6. The van der Waals surface area contributed by atoms with E-state index in [1.165, 1.54) is 4.57 Å². The van der Waals surface area contributed by atoms with Crippen LogP contribution < -0.4 is 16.2 Å². The van der Waals surface area contributed by atoms with Crippen LogP contribution in [0.25, 0.3) is 10.9 Å². The van der Waals surface area contributed by atoms with Crippen molar-refractivity contribution < 1.29 is 14.3 Å². The number of carbonyl (C=O) groups is 2. The van der Waals surface area contributed by atoms with Crippen molar-refractivity contribution in [2.75, 3.05) is 24.8 Å². The number of nitrogens with one attached hydrogen (secondary N) is 2. The molecule has 0 aliphatic heterocycles. The topological polar surface area (TPSA) is 102 Å². The zero-order valence-corrected chi connectivity index (χ0v) is 20.2. The summed E-state index contributed by atoms with van der Waals surface area (Å²) in [7, 11) is 1.59. The number of nitrogens with zero attached hydrogens (tertiary/aromatic N) is 2. The average Bonchev–Trinajstić information content (AvgIpc) is 2.77. The molecule has 0 aliphatic rings. The van der Waals surface area contributed by atoms with Crippen molar-refractivity contribution in [3.63, 3.8) is 0 Å². The average molecular weight is 489 g/mol. The molecule has 2 N–H and O–H groups in total. The normalized spacial score (nSPS) is 10.9. The van der Waals surface area contributed by atoms with Gasteiger partial charge in [-0.2, -0.15) is 0 Å². The lowest BCUT2D eigenvalue weighted by Crippen LogP contribution is -2.36. The number of hydrogen-bond donors (Lipinski definition) is 2. The molecule has 3 aromatic rings. The van der Waals surface area contributed by atoms with Gasteiger partial charge in [-0.1, -0.05) is 35.5 Å². The van der Waals surface area contributed by atoms with Gasteiger partial charge < -0.3 is 10.1 Å². The van der Waals surface area contributed by atoms with Crippen molar-refractivity contribution in [1.82, 2.24) is 14.9 Å². The van der Waals surface area contributed by atoms with Gasteiger partial charge in [0.15, 0.2) is 5.16 Å². The van der Waals surface area contributed by atoms with E-state index in [1.54, 1.807) is 31.4 Å². The van der Waals surface area contributed by atoms with Gasteiger partial charge in [0.05, 0.1) is 16.7 Å². The largest absolute Gasteiger partial charge is 0.385 e. The lowest BCUT2D eigenvalue weighted by atomic mass is 10.1. The molecule has 8 nitrogen and oxygen atoms in total. The zero-order valence-electron chi connectivity index (χ0n) is 18.6. The maximum absolute atomic E-state index is 13.0. The molecule has 0 atom stereocenters. The Morgan fingerprint density at radius 1 is 1.21 bits per heavy atom. The first-order chi connectivity index (χ1) is 15.8. The second-order valence-corrected chi connectivity index (χ2v) is 8.78. The standard InChI is InChI=1S/C23H25ClN4O4S/c1-14-6-4-7-18(15(14)2)25-22(31)27-20(29)13-33-23-26-19-12-16(24)8-9-17(19)21(30)28(23)10-5-11-32-3/h4,6-9,12H,5,10-11,13H2,1-3H3,(H2,25,27,29,31). The molecule has 3 rings (SSSR count). The van der Waals surface area contributed by atoms with Crippen LogP contribution in [-0.2, 0) is 16.1 Å². The summed E-state index contributed by atoms with van der Waals surface area (Å²) in [5.41, 5.74) is 2.82.